The molecule has 0 heterocycles. The van der Waals surface area contributed by atoms with E-state index in [4.69, 9.17) is 14.2 Å². The van der Waals surface area contributed by atoms with Gasteiger partial charge in [-0.3, -0.25) is 0 Å². The van der Waals surface area contributed by atoms with E-state index in [-0.39, 0.29) is 6.04 Å². The van der Waals surface area contributed by atoms with Gasteiger partial charge < -0.3 is 19.5 Å². The number of benzene rings is 1. The van der Waals surface area contributed by atoms with Crippen LogP contribution in [0, 0.1) is 5.92 Å². The first-order chi connectivity index (χ1) is 8.67. The molecule has 0 aromatic heterocycles. The number of fused-ring (bicyclic) bond motifs is 1. The SMILES string of the molecule is CNC1c2c(c(OC)cc(OC)c2OC)CC1C. The van der Waals surface area contributed by atoms with Crippen molar-refractivity contribution >= 4 is 0 Å². The molecule has 18 heavy (non-hydrogen) atoms. The predicted molar refractivity (Wildman–Crippen MR) is 70.8 cm³/mol. The number of hydrogen-bond acceptors (Lipinski definition) is 4. The lowest BCUT2D eigenvalue weighted by Crippen LogP contribution is -2.20. The molecule has 0 bridgehead atoms. The summed E-state index contributed by atoms with van der Waals surface area (Å²) >= 11 is 0. The zero-order chi connectivity index (χ0) is 13.3. The molecule has 2 atom stereocenters. The average Bonchev–Trinajstić information content (AvgIpc) is 2.72. The Morgan fingerprint density at radius 1 is 1.11 bits per heavy atom. The topological polar surface area (TPSA) is 39.7 Å². The van der Waals surface area contributed by atoms with Gasteiger partial charge in [0.2, 0.25) is 0 Å². The van der Waals surface area contributed by atoms with Crippen LogP contribution in [0.5, 0.6) is 17.2 Å². The zero-order valence-electron chi connectivity index (χ0n) is 11.7. The Morgan fingerprint density at radius 2 is 1.78 bits per heavy atom. The van der Waals surface area contributed by atoms with E-state index >= 15 is 0 Å². The quantitative estimate of drug-likeness (QED) is 0.890. The van der Waals surface area contributed by atoms with E-state index in [0.29, 0.717) is 5.92 Å². The van der Waals surface area contributed by atoms with Gasteiger partial charge in [0.25, 0.3) is 0 Å². The van der Waals surface area contributed by atoms with E-state index in [9.17, 15) is 0 Å². The van der Waals surface area contributed by atoms with Crippen molar-refractivity contribution < 1.29 is 14.2 Å². The highest BCUT2D eigenvalue weighted by Gasteiger charge is 2.35. The third-order valence-electron chi connectivity index (χ3n) is 3.71. The van der Waals surface area contributed by atoms with Crippen molar-refractivity contribution in [2.24, 2.45) is 5.92 Å². The Morgan fingerprint density at radius 3 is 2.28 bits per heavy atom. The number of nitrogens with one attached hydrogen (secondary N) is 1. The van der Waals surface area contributed by atoms with Gasteiger partial charge in [-0.1, -0.05) is 6.92 Å². The Kier molecular flexibility index (Phi) is 3.66. The van der Waals surface area contributed by atoms with Gasteiger partial charge in [-0.15, -0.1) is 0 Å². The van der Waals surface area contributed by atoms with Crippen molar-refractivity contribution in [1.29, 1.82) is 0 Å². The molecule has 1 aliphatic carbocycles. The van der Waals surface area contributed by atoms with E-state index in [2.05, 4.69) is 12.2 Å². The van der Waals surface area contributed by atoms with Crippen LogP contribution >= 0.6 is 0 Å². The normalized spacial score (nSPS) is 21.6. The van der Waals surface area contributed by atoms with E-state index in [1.54, 1.807) is 21.3 Å². The van der Waals surface area contributed by atoms with Crippen LogP contribution in [0.4, 0.5) is 0 Å². The van der Waals surface area contributed by atoms with Crippen LogP contribution in [-0.2, 0) is 6.42 Å². The summed E-state index contributed by atoms with van der Waals surface area (Å²) in [7, 11) is 7.00. The lowest BCUT2D eigenvalue weighted by molar-refractivity contribution is 0.340. The largest absolute Gasteiger partial charge is 0.496 e. The van der Waals surface area contributed by atoms with Crippen molar-refractivity contribution in [2.75, 3.05) is 28.4 Å². The summed E-state index contributed by atoms with van der Waals surface area (Å²) < 4.78 is 16.4. The summed E-state index contributed by atoms with van der Waals surface area (Å²) in [6.45, 7) is 2.23. The molecule has 1 aliphatic rings. The van der Waals surface area contributed by atoms with Gasteiger partial charge in [0.1, 0.15) is 5.75 Å². The van der Waals surface area contributed by atoms with Crippen LogP contribution in [0.2, 0.25) is 0 Å². The molecule has 0 radical (unpaired) electrons. The van der Waals surface area contributed by atoms with Gasteiger partial charge in [0.15, 0.2) is 11.5 Å². The van der Waals surface area contributed by atoms with Crippen LogP contribution in [-0.4, -0.2) is 28.4 Å². The molecule has 0 fully saturated rings. The van der Waals surface area contributed by atoms with Crippen LogP contribution in [0.25, 0.3) is 0 Å². The molecule has 4 nitrogen and oxygen atoms in total. The van der Waals surface area contributed by atoms with Gasteiger partial charge >= 0.3 is 0 Å². The van der Waals surface area contributed by atoms with Crippen molar-refractivity contribution in [1.82, 2.24) is 5.32 Å². The minimum Gasteiger partial charge on any atom is -0.496 e. The van der Waals surface area contributed by atoms with Crippen LogP contribution in [0.3, 0.4) is 0 Å². The first-order valence-corrected chi connectivity index (χ1v) is 6.16. The second-order valence-corrected chi connectivity index (χ2v) is 4.65. The third kappa shape index (κ3) is 1.81. The molecule has 1 aromatic carbocycles. The second-order valence-electron chi connectivity index (χ2n) is 4.65. The minimum atomic E-state index is 0.277. The fourth-order valence-electron chi connectivity index (χ4n) is 2.91. The van der Waals surface area contributed by atoms with E-state index in [0.717, 1.165) is 23.7 Å². The highest BCUT2D eigenvalue weighted by molar-refractivity contribution is 5.60. The predicted octanol–water partition coefficient (Wildman–Crippen LogP) is 2.17. The van der Waals surface area contributed by atoms with E-state index in [1.807, 2.05) is 13.1 Å². The molecule has 100 valence electrons. The number of methoxy groups -OCH3 is 3. The van der Waals surface area contributed by atoms with Gasteiger partial charge in [0.05, 0.1) is 21.3 Å². The standard InChI is InChI=1S/C14H21NO3/c1-8-6-9-10(16-3)7-11(17-4)14(18-5)12(9)13(8)15-2/h7-8,13,15H,6H2,1-5H3. The molecular weight excluding hydrogens is 230 g/mol. The van der Waals surface area contributed by atoms with E-state index < -0.39 is 0 Å². The minimum absolute atomic E-state index is 0.277. The average molecular weight is 251 g/mol. The molecule has 0 spiro atoms. The molecular formula is C14H21NO3. The summed E-state index contributed by atoms with van der Waals surface area (Å²) in [5, 5.41) is 3.36. The number of hydrogen-bond donors (Lipinski definition) is 1. The Hall–Kier alpha value is -1.42. The van der Waals surface area contributed by atoms with Crippen molar-refractivity contribution in [3.63, 3.8) is 0 Å². The second kappa shape index (κ2) is 5.06. The van der Waals surface area contributed by atoms with Crippen molar-refractivity contribution in [2.45, 2.75) is 19.4 Å². The monoisotopic (exact) mass is 251 g/mol. The molecule has 2 unspecified atom stereocenters. The summed E-state index contributed by atoms with van der Waals surface area (Å²) in [6, 6.07) is 2.18. The van der Waals surface area contributed by atoms with Gasteiger partial charge in [-0.2, -0.15) is 0 Å². The van der Waals surface area contributed by atoms with Crippen molar-refractivity contribution in [3.8, 4) is 17.2 Å². The maximum absolute atomic E-state index is 5.54. The summed E-state index contributed by atoms with van der Waals surface area (Å²) in [5.41, 5.74) is 2.39. The van der Waals surface area contributed by atoms with Gasteiger partial charge in [0, 0.05) is 23.2 Å². The lowest BCUT2D eigenvalue weighted by atomic mass is 10.0. The number of rotatable bonds is 4. The van der Waals surface area contributed by atoms with Crippen LogP contribution in [0.1, 0.15) is 24.1 Å². The number of ether oxygens (including phenoxy) is 3. The summed E-state index contributed by atoms with van der Waals surface area (Å²) in [4.78, 5) is 0. The molecule has 1 aromatic rings. The molecule has 0 amide bonds. The fourth-order valence-corrected chi connectivity index (χ4v) is 2.91. The van der Waals surface area contributed by atoms with Gasteiger partial charge in [-0.25, -0.2) is 0 Å². The smallest absolute Gasteiger partial charge is 0.166 e. The maximum Gasteiger partial charge on any atom is 0.166 e. The van der Waals surface area contributed by atoms with Crippen LogP contribution < -0.4 is 19.5 Å². The Labute approximate surface area is 108 Å². The highest BCUT2D eigenvalue weighted by Crippen LogP contribution is 2.49. The fraction of sp³-hybridized carbons (Fsp3) is 0.571. The van der Waals surface area contributed by atoms with Crippen LogP contribution in [0.15, 0.2) is 6.07 Å². The summed E-state index contributed by atoms with van der Waals surface area (Å²) in [6.07, 6.45) is 0.990. The van der Waals surface area contributed by atoms with Crippen molar-refractivity contribution in [3.05, 3.63) is 17.2 Å². The highest BCUT2D eigenvalue weighted by atomic mass is 16.5. The zero-order valence-corrected chi connectivity index (χ0v) is 11.7. The first-order valence-electron chi connectivity index (χ1n) is 6.16. The lowest BCUT2D eigenvalue weighted by Gasteiger charge is -2.20. The Bertz CT molecular complexity index is 445. The molecule has 0 saturated carbocycles. The first kappa shape index (κ1) is 13.0. The maximum atomic E-state index is 5.54. The summed E-state index contributed by atoms with van der Waals surface area (Å²) in [5.74, 6) is 2.94. The molecule has 0 aliphatic heterocycles. The van der Waals surface area contributed by atoms with E-state index in [1.165, 1.54) is 11.1 Å². The molecule has 0 saturated heterocycles. The molecule has 2 rings (SSSR count). The van der Waals surface area contributed by atoms with Gasteiger partial charge in [-0.05, 0) is 19.4 Å². The Balaban J connectivity index is 2.66. The molecule has 1 N–H and O–H groups in total. The molecule has 4 heteroatoms. The third-order valence-corrected chi connectivity index (χ3v) is 3.71.